The molecule has 1 saturated heterocycles. The Morgan fingerprint density at radius 3 is 3.00 bits per heavy atom. The van der Waals surface area contributed by atoms with E-state index in [-0.39, 0.29) is 5.91 Å². The Bertz CT molecular complexity index is 494. The molecule has 3 heterocycles. The first-order valence-corrected chi connectivity index (χ1v) is 7.24. The molecule has 5 heteroatoms. The maximum atomic E-state index is 11.6. The predicted molar refractivity (Wildman–Crippen MR) is 72.9 cm³/mol. The number of nitrogens with zero attached hydrogens (tertiary/aromatic N) is 3. The number of aromatic nitrogens is 2. The molecule has 5 nitrogen and oxygen atoms in total. The summed E-state index contributed by atoms with van der Waals surface area (Å²) in [5.41, 5.74) is 2.60. The van der Waals surface area contributed by atoms with E-state index in [4.69, 9.17) is 4.98 Å². The zero-order chi connectivity index (χ0) is 13.4. The molecule has 1 atom stereocenters. The van der Waals surface area contributed by atoms with Crippen LogP contribution in [0.15, 0.2) is 0 Å². The molecule has 2 aliphatic rings. The SMILES string of the molecule is CCc1nc2c(n1C1CCC(=O)N(C)C1)CCNC2. The van der Waals surface area contributed by atoms with E-state index in [9.17, 15) is 4.79 Å². The van der Waals surface area contributed by atoms with Gasteiger partial charge >= 0.3 is 0 Å². The Morgan fingerprint density at radius 1 is 1.42 bits per heavy atom. The molecular weight excluding hydrogens is 240 g/mol. The van der Waals surface area contributed by atoms with Crippen molar-refractivity contribution in [2.75, 3.05) is 20.1 Å². The standard InChI is InChI=1S/C14H22N4O/c1-3-13-16-11-8-15-7-6-12(11)18(13)10-4-5-14(19)17(2)9-10/h10,15H,3-9H2,1-2H3. The van der Waals surface area contributed by atoms with E-state index in [1.54, 1.807) is 0 Å². The number of hydrogen-bond donors (Lipinski definition) is 1. The fraction of sp³-hybridized carbons (Fsp3) is 0.714. The van der Waals surface area contributed by atoms with Crippen LogP contribution < -0.4 is 5.32 Å². The molecule has 1 fully saturated rings. The van der Waals surface area contributed by atoms with Gasteiger partial charge in [0.2, 0.25) is 5.91 Å². The highest BCUT2D eigenvalue weighted by Crippen LogP contribution is 2.28. The first kappa shape index (κ1) is 12.7. The van der Waals surface area contributed by atoms with Crippen molar-refractivity contribution in [3.8, 4) is 0 Å². The quantitative estimate of drug-likeness (QED) is 0.861. The van der Waals surface area contributed by atoms with Crippen LogP contribution in [-0.2, 0) is 24.2 Å². The molecule has 0 bridgehead atoms. The molecule has 0 spiro atoms. The fourth-order valence-electron chi connectivity index (χ4n) is 3.27. The van der Waals surface area contributed by atoms with Gasteiger partial charge in [-0.15, -0.1) is 0 Å². The Morgan fingerprint density at radius 2 is 2.26 bits per heavy atom. The van der Waals surface area contributed by atoms with Crippen molar-refractivity contribution >= 4 is 5.91 Å². The minimum absolute atomic E-state index is 0.268. The summed E-state index contributed by atoms with van der Waals surface area (Å²) < 4.78 is 2.43. The number of likely N-dealkylation sites (tertiary alicyclic amines) is 1. The van der Waals surface area contributed by atoms with Gasteiger partial charge in [-0.25, -0.2) is 4.98 Å². The number of imidazole rings is 1. The maximum Gasteiger partial charge on any atom is 0.222 e. The second-order valence-corrected chi connectivity index (χ2v) is 5.54. The number of carbonyl (C=O) groups is 1. The molecular formula is C14H22N4O. The van der Waals surface area contributed by atoms with Crippen LogP contribution in [0.2, 0.25) is 0 Å². The van der Waals surface area contributed by atoms with Crippen LogP contribution in [0.4, 0.5) is 0 Å². The molecule has 0 saturated carbocycles. The minimum atomic E-state index is 0.268. The summed E-state index contributed by atoms with van der Waals surface area (Å²) in [5, 5.41) is 3.38. The highest BCUT2D eigenvalue weighted by Gasteiger charge is 2.29. The summed E-state index contributed by atoms with van der Waals surface area (Å²) in [6, 6.07) is 0.409. The van der Waals surface area contributed by atoms with Crippen LogP contribution in [0, 0.1) is 0 Å². The lowest BCUT2D eigenvalue weighted by Gasteiger charge is -2.33. The van der Waals surface area contributed by atoms with Gasteiger partial charge in [0, 0.05) is 51.6 Å². The Labute approximate surface area is 114 Å². The lowest BCUT2D eigenvalue weighted by atomic mass is 10.0. The van der Waals surface area contributed by atoms with Crippen molar-refractivity contribution in [2.24, 2.45) is 0 Å². The van der Waals surface area contributed by atoms with E-state index < -0.39 is 0 Å². The normalized spacial score (nSPS) is 23.6. The predicted octanol–water partition coefficient (Wildman–Crippen LogP) is 0.884. The van der Waals surface area contributed by atoms with Gasteiger partial charge in [-0.3, -0.25) is 4.79 Å². The highest BCUT2D eigenvalue weighted by molar-refractivity contribution is 5.76. The summed E-state index contributed by atoms with van der Waals surface area (Å²) in [7, 11) is 1.91. The van der Waals surface area contributed by atoms with Crippen LogP contribution in [0.25, 0.3) is 0 Å². The van der Waals surface area contributed by atoms with Crippen molar-refractivity contribution < 1.29 is 4.79 Å². The molecule has 1 amide bonds. The molecule has 0 radical (unpaired) electrons. The fourth-order valence-corrected chi connectivity index (χ4v) is 3.27. The molecule has 1 N–H and O–H groups in total. The van der Waals surface area contributed by atoms with E-state index in [1.165, 1.54) is 17.2 Å². The van der Waals surface area contributed by atoms with E-state index >= 15 is 0 Å². The summed E-state index contributed by atoms with van der Waals surface area (Å²) in [6.45, 7) is 4.90. The first-order valence-electron chi connectivity index (χ1n) is 7.24. The molecule has 1 unspecified atom stereocenters. The smallest absolute Gasteiger partial charge is 0.222 e. The van der Waals surface area contributed by atoms with Gasteiger partial charge < -0.3 is 14.8 Å². The summed E-state index contributed by atoms with van der Waals surface area (Å²) >= 11 is 0. The third-order valence-electron chi connectivity index (χ3n) is 4.28. The molecule has 1 aromatic heterocycles. The number of fused-ring (bicyclic) bond motifs is 1. The van der Waals surface area contributed by atoms with Crippen molar-refractivity contribution in [1.29, 1.82) is 0 Å². The largest absolute Gasteiger partial charge is 0.344 e. The number of piperidine rings is 1. The Kier molecular flexibility index (Phi) is 3.31. The number of hydrogen-bond acceptors (Lipinski definition) is 3. The third kappa shape index (κ3) is 2.16. The van der Waals surface area contributed by atoms with Gasteiger partial charge in [-0.2, -0.15) is 0 Å². The van der Waals surface area contributed by atoms with Gasteiger partial charge in [-0.1, -0.05) is 6.92 Å². The molecule has 19 heavy (non-hydrogen) atoms. The van der Waals surface area contributed by atoms with Gasteiger partial charge in [0.05, 0.1) is 11.7 Å². The maximum absolute atomic E-state index is 11.6. The summed E-state index contributed by atoms with van der Waals surface area (Å²) in [4.78, 5) is 18.3. The van der Waals surface area contributed by atoms with Crippen molar-refractivity contribution in [3.63, 3.8) is 0 Å². The highest BCUT2D eigenvalue weighted by atomic mass is 16.2. The van der Waals surface area contributed by atoms with Gasteiger partial charge in [0.1, 0.15) is 5.82 Å². The van der Waals surface area contributed by atoms with E-state index in [1.807, 2.05) is 11.9 Å². The average Bonchev–Trinajstić information content (AvgIpc) is 2.80. The van der Waals surface area contributed by atoms with Crippen molar-refractivity contribution in [2.45, 2.75) is 45.2 Å². The number of likely N-dealkylation sites (N-methyl/N-ethyl adjacent to an activating group) is 1. The minimum Gasteiger partial charge on any atom is -0.344 e. The third-order valence-corrected chi connectivity index (χ3v) is 4.28. The van der Waals surface area contributed by atoms with Gasteiger partial charge in [0.25, 0.3) is 0 Å². The second-order valence-electron chi connectivity index (χ2n) is 5.54. The van der Waals surface area contributed by atoms with E-state index in [0.717, 1.165) is 38.9 Å². The van der Waals surface area contributed by atoms with Gasteiger partial charge in [-0.05, 0) is 6.42 Å². The van der Waals surface area contributed by atoms with Crippen LogP contribution in [0.5, 0.6) is 0 Å². The monoisotopic (exact) mass is 262 g/mol. The van der Waals surface area contributed by atoms with Crippen LogP contribution in [-0.4, -0.2) is 40.5 Å². The number of carbonyl (C=O) groups excluding carboxylic acids is 1. The van der Waals surface area contributed by atoms with E-state index in [0.29, 0.717) is 12.5 Å². The summed E-state index contributed by atoms with van der Waals surface area (Å²) in [5.74, 6) is 1.45. The van der Waals surface area contributed by atoms with Crippen LogP contribution in [0.1, 0.15) is 43.0 Å². The molecule has 0 aliphatic carbocycles. The van der Waals surface area contributed by atoms with Crippen LogP contribution in [0.3, 0.4) is 0 Å². The van der Waals surface area contributed by atoms with Crippen LogP contribution >= 0.6 is 0 Å². The number of nitrogens with one attached hydrogen (secondary N) is 1. The summed E-state index contributed by atoms with van der Waals surface area (Å²) in [6.07, 6.45) is 3.62. The Balaban J connectivity index is 1.95. The average molecular weight is 262 g/mol. The molecule has 3 rings (SSSR count). The van der Waals surface area contributed by atoms with Crippen molar-refractivity contribution in [3.05, 3.63) is 17.2 Å². The number of rotatable bonds is 2. The second kappa shape index (κ2) is 4.96. The van der Waals surface area contributed by atoms with Gasteiger partial charge in [0.15, 0.2) is 0 Å². The van der Waals surface area contributed by atoms with Crippen molar-refractivity contribution in [1.82, 2.24) is 19.8 Å². The molecule has 104 valence electrons. The molecule has 0 aromatic carbocycles. The topological polar surface area (TPSA) is 50.2 Å². The van der Waals surface area contributed by atoms with E-state index in [2.05, 4.69) is 16.8 Å². The number of amides is 1. The Hall–Kier alpha value is -1.36. The zero-order valence-electron chi connectivity index (χ0n) is 11.8. The molecule has 1 aromatic rings. The lowest BCUT2D eigenvalue weighted by Crippen LogP contribution is -2.39. The zero-order valence-corrected chi connectivity index (χ0v) is 11.8. The number of aryl methyl sites for hydroxylation is 1. The molecule has 2 aliphatic heterocycles. The first-order chi connectivity index (χ1) is 9.20. The lowest BCUT2D eigenvalue weighted by molar-refractivity contribution is -0.132.